The van der Waals surface area contributed by atoms with Crippen molar-refractivity contribution in [1.82, 2.24) is 4.31 Å². The van der Waals surface area contributed by atoms with Crippen molar-refractivity contribution in [3.05, 3.63) is 59.1 Å². The van der Waals surface area contributed by atoms with E-state index in [0.717, 1.165) is 17.8 Å². The Labute approximate surface area is 144 Å². The third-order valence-electron chi connectivity index (χ3n) is 3.94. The Hall–Kier alpha value is -1.70. The second-order valence-electron chi connectivity index (χ2n) is 5.45. The molecule has 1 aliphatic rings. The zero-order valence-corrected chi connectivity index (χ0v) is 14.2. The molecule has 1 saturated heterocycles. The van der Waals surface area contributed by atoms with Gasteiger partial charge in [-0.2, -0.15) is 4.31 Å². The van der Waals surface area contributed by atoms with Gasteiger partial charge in [-0.3, -0.25) is 0 Å². The molecule has 2 aromatic rings. The van der Waals surface area contributed by atoms with Gasteiger partial charge in [-0.15, -0.1) is 0 Å². The van der Waals surface area contributed by atoms with E-state index in [1.807, 2.05) is 23.1 Å². The van der Waals surface area contributed by atoms with Gasteiger partial charge in [-0.05, 0) is 36.4 Å². The zero-order chi connectivity index (χ0) is 17.3. The van der Waals surface area contributed by atoms with Gasteiger partial charge in [0.05, 0.1) is 4.90 Å². The molecule has 1 aliphatic heterocycles. The van der Waals surface area contributed by atoms with Crippen molar-refractivity contribution < 1.29 is 17.2 Å². The van der Waals surface area contributed by atoms with Gasteiger partial charge in [0.1, 0.15) is 0 Å². The first-order valence-corrected chi connectivity index (χ1v) is 9.15. The van der Waals surface area contributed by atoms with Crippen LogP contribution >= 0.6 is 11.6 Å². The second kappa shape index (κ2) is 6.66. The smallest absolute Gasteiger partial charge is 0.243 e. The highest BCUT2D eigenvalue weighted by Crippen LogP contribution is 2.24. The van der Waals surface area contributed by atoms with Crippen LogP contribution < -0.4 is 4.90 Å². The summed E-state index contributed by atoms with van der Waals surface area (Å²) in [4.78, 5) is 1.79. The average molecular weight is 373 g/mol. The normalized spacial score (nSPS) is 16.4. The Morgan fingerprint density at radius 1 is 0.917 bits per heavy atom. The Morgan fingerprint density at radius 2 is 1.62 bits per heavy atom. The first-order valence-electron chi connectivity index (χ1n) is 7.33. The first-order chi connectivity index (χ1) is 11.4. The van der Waals surface area contributed by atoms with Crippen LogP contribution in [0, 0.1) is 11.6 Å². The Balaban J connectivity index is 1.74. The summed E-state index contributed by atoms with van der Waals surface area (Å²) in [6.07, 6.45) is 0. The molecule has 0 atom stereocenters. The van der Waals surface area contributed by atoms with Crippen molar-refractivity contribution in [2.24, 2.45) is 0 Å². The minimum absolute atomic E-state index is 0.238. The van der Waals surface area contributed by atoms with Gasteiger partial charge in [0.2, 0.25) is 10.0 Å². The predicted molar refractivity (Wildman–Crippen MR) is 88.8 cm³/mol. The molecular formula is C16H15ClF2N2O2S. The number of anilines is 1. The molecule has 0 unspecified atom stereocenters. The minimum atomic E-state index is -3.84. The minimum Gasteiger partial charge on any atom is -0.369 e. The number of benzene rings is 2. The van der Waals surface area contributed by atoms with Gasteiger partial charge in [-0.1, -0.05) is 17.7 Å². The molecule has 0 amide bonds. The molecule has 8 heteroatoms. The molecule has 4 nitrogen and oxygen atoms in total. The quantitative estimate of drug-likeness (QED) is 0.831. The molecule has 0 radical (unpaired) electrons. The largest absolute Gasteiger partial charge is 0.369 e. The van der Waals surface area contributed by atoms with E-state index in [2.05, 4.69) is 0 Å². The van der Waals surface area contributed by atoms with Crippen molar-refractivity contribution in [3.63, 3.8) is 0 Å². The van der Waals surface area contributed by atoms with Gasteiger partial charge in [0.15, 0.2) is 11.6 Å². The summed E-state index contributed by atoms with van der Waals surface area (Å²) in [5, 5.41) is 0.615. The number of nitrogens with zero attached hydrogens (tertiary/aromatic N) is 2. The molecule has 0 aliphatic carbocycles. The monoisotopic (exact) mass is 372 g/mol. The fourth-order valence-corrected chi connectivity index (χ4v) is 4.26. The third-order valence-corrected chi connectivity index (χ3v) is 6.07. The lowest BCUT2D eigenvalue weighted by molar-refractivity contribution is 0.384. The lowest BCUT2D eigenvalue weighted by Gasteiger charge is -2.35. The van der Waals surface area contributed by atoms with E-state index in [1.165, 1.54) is 4.31 Å². The predicted octanol–water partition coefficient (Wildman–Crippen LogP) is 3.13. The van der Waals surface area contributed by atoms with E-state index in [0.29, 0.717) is 24.2 Å². The molecule has 2 aromatic carbocycles. The number of halogens is 3. The molecule has 0 saturated carbocycles. The standard InChI is InChI=1S/C16H15ClF2N2O2S/c17-12-2-1-3-13(10-12)20-6-8-21(9-7-20)24(22,23)14-4-5-15(18)16(19)11-14/h1-5,10-11H,6-9H2. The molecule has 0 spiro atoms. The summed E-state index contributed by atoms with van der Waals surface area (Å²) >= 11 is 5.97. The summed E-state index contributed by atoms with van der Waals surface area (Å²) < 4.78 is 52.7. The van der Waals surface area contributed by atoms with Gasteiger partial charge >= 0.3 is 0 Å². The molecule has 0 N–H and O–H groups in total. The molecule has 0 bridgehead atoms. The summed E-state index contributed by atoms with van der Waals surface area (Å²) in [6, 6.07) is 9.96. The fourth-order valence-electron chi connectivity index (χ4n) is 2.65. The van der Waals surface area contributed by atoms with Crippen LogP contribution in [0.2, 0.25) is 5.02 Å². The van der Waals surface area contributed by atoms with Crippen LogP contribution in [-0.2, 0) is 10.0 Å². The highest BCUT2D eigenvalue weighted by atomic mass is 35.5. The van der Waals surface area contributed by atoms with E-state index in [1.54, 1.807) is 6.07 Å². The first kappa shape index (κ1) is 17.1. The van der Waals surface area contributed by atoms with Crippen molar-refractivity contribution in [3.8, 4) is 0 Å². The van der Waals surface area contributed by atoms with Gasteiger partial charge < -0.3 is 4.90 Å². The van der Waals surface area contributed by atoms with E-state index in [-0.39, 0.29) is 18.0 Å². The number of rotatable bonds is 3. The van der Waals surface area contributed by atoms with Crippen LogP contribution in [0.15, 0.2) is 47.4 Å². The molecule has 1 heterocycles. The maximum Gasteiger partial charge on any atom is 0.243 e. The second-order valence-corrected chi connectivity index (χ2v) is 7.82. The Bertz CT molecular complexity index is 853. The average Bonchev–Trinajstić information content (AvgIpc) is 2.57. The van der Waals surface area contributed by atoms with E-state index < -0.39 is 21.7 Å². The number of hydrogen-bond acceptors (Lipinski definition) is 3. The third kappa shape index (κ3) is 3.38. The van der Waals surface area contributed by atoms with Gasteiger partial charge in [0.25, 0.3) is 0 Å². The Kier molecular flexibility index (Phi) is 4.76. The summed E-state index contributed by atoms with van der Waals surface area (Å²) in [5.74, 6) is -2.24. The van der Waals surface area contributed by atoms with Gasteiger partial charge in [0, 0.05) is 36.9 Å². The summed E-state index contributed by atoms with van der Waals surface area (Å²) in [5.41, 5.74) is 0.923. The van der Waals surface area contributed by atoms with E-state index in [9.17, 15) is 17.2 Å². The van der Waals surface area contributed by atoms with E-state index in [4.69, 9.17) is 11.6 Å². The summed E-state index contributed by atoms with van der Waals surface area (Å²) in [6.45, 7) is 1.49. The maximum absolute atomic E-state index is 13.3. The lowest BCUT2D eigenvalue weighted by atomic mass is 10.2. The van der Waals surface area contributed by atoms with Crippen molar-refractivity contribution in [2.45, 2.75) is 4.90 Å². The molecule has 3 rings (SSSR count). The number of sulfonamides is 1. The van der Waals surface area contributed by atoms with E-state index >= 15 is 0 Å². The summed E-state index contributed by atoms with van der Waals surface area (Å²) in [7, 11) is -3.84. The molecule has 0 aromatic heterocycles. The zero-order valence-electron chi connectivity index (χ0n) is 12.6. The molecule has 24 heavy (non-hydrogen) atoms. The van der Waals surface area contributed by atoms with Crippen molar-refractivity contribution in [2.75, 3.05) is 31.1 Å². The SMILES string of the molecule is O=S(=O)(c1ccc(F)c(F)c1)N1CCN(c2cccc(Cl)c2)CC1. The van der Waals surface area contributed by atoms with Crippen LogP contribution in [-0.4, -0.2) is 38.9 Å². The topological polar surface area (TPSA) is 40.6 Å². The van der Waals surface area contributed by atoms with Crippen LogP contribution in [0.3, 0.4) is 0 Å². The fraction of sp³-hybridized carbons (Fsp3) is 0.250. The van der Waals surface area contributed by atoms with Crippen LogP contribution in [0.1, 0.15) is 0 Å². The highest BCUT2D eigenvalue weighted by Gasteiger charge is 2.29. The van der Waals surface area contributed by atoms with Crippen LogP contribution in [0.25, 0.3) is 0 Å². The molecule has 128 valence electrons. The van der Waals surface area contributed by atoms with Crippen molar-refractivity contribution >= 4 is 27.3 Å². The number of piperazine rings is 1. The highest BCUT2D eigenvalue weighted by molar-refractivity contribution is 7.89. The molecule has 1 fully saturated rings. The van der Waals surface area contributed by atoms with Gasteiger partial charge in [-0.25, -0.2) is 17.2 Å². The maximum atomic E-state index is 13.3. The van der Waals surface area contributed by atoms with Crippen LogP contribution in [0.5, 0.6) is 0 Å². The van der Waals surface area contributed by atoms with Crippen molar-refractivity contribution in [1.29, 1.82) is 0 Å². The number of hydrogen-bond donors (Lipinski definition) is 0. The molecular weight excluding hydrogens is 358 g/mol. The lowest BCUT2D eigenvalue weighted by Crippen LogP contribution is -2.48. The van der Waals surface area contributed by atoms with Crippen LogP contribution in [0.4, 0.5) is 14.5 Å². The Morgan fingerprint density at radius 3 is 2.25 bits per heavy atom.